The molecule has 0 aliphatic rings. The van der Waals surface area contributed by atoms with Crippen LogP contribution in [-0.2, 0) is 14.3 Å². The van der Waals surface area contributed by atoms with E-state index in [0.29, 0.717) is 12.8 Å². The van der Waals surface area contributed by atoms with Gasteiger partial charge in [-0.15, -0.1) is 0 Å². The van der Waals surface area contributed by atoms with Gasteiger partial charge in [0.05, 0.1) is 0 Å². The van der Waals surface area contributed by atoms with Crippen molar-refractivity contribution >= 4 is 11.9 Å². The highest BCUT2D eigenvalue weighted by molar-refractivity contribution is 5.78. The zero-order valence-electron chi connectivity index (χ0n) is 8.73. The van der Waals surface area contributed by atoms with E-state index in [9.17, 15) is 9.59 Å². The van der Waals surface area contributed by atoms with Gasteiger partial charge in [0.25, 0.3) is 0 Å². The quantitative estimate of drug-likeness (QED) is 0.505. The average Bonchev–Trinajstić information content (AvgIpc) is 2.14. The Balaban J connectivity index is 3.50. The van der Waals surface area contributed by atoms with Crippen molar-refractivity contribution in [2.45, 2.75) is 25.8 Å². The van der Waals surface area contributed by atoms with Crippen LogP contribution in [0.1, 0.15) is 19.8 Å². The van der Waals surface area contributed by atoms with Gasteiger partial charge >= 0.3 is 5.97 Å². The number of ether oxygens (including phenoxy) is 1. The minimum Gasteiger partial charge on any atom is -0.480 e. The Morgan fingerprint density at radius 3 is 2.60 bits per heavy atom. The van der Waals surface area contributed by atoms with Gasteiger partial charge in [-0.1, -0.05) is 0 Å². The number of carbonyl (C=O) groups is 2. The predicted octanol–water partition coefficient (Wildman–Crippen LogP) is -0.635. The Hall–Kier alpha value is -1.14. The molecule has 6 nitrogen and oxygen atoms in total. The first-order chi connectivity index (χ1) is 7.06. The van der Waals surface area contributed by atoms with E-state index in [2.05, 4.69) is 10.1 Å². The number of aliphatic hydroxyl groups excluding tert-OH is 1. The summed E-state index contributed by atoms with van der Waals surface area (Å²) in [5.41, 5.74) is 0. The number of amides is 1. The molecule has 0 fully saturated rings. The second kappa shape index (κ2) is 8.19. The van der Waals surface area contributed by atoms with Crippen molar-refractivity contribution in [1.82, 2.24) is 5.32 Å². The number of nitrogens with one attached hydrogen (secondary N) is 1. The van der Waals surface area contributed by atoms with E-state index in [1.165, 1.54) is 0 Å². The van der Waals surface area contributed by atoms with Gasteiger partial charge in [-0.25, -0.2) is 4.79 Å². The third-order valence-electron chi connectivity index (χ3n) is 1.66. The number of hydrogen-bond acceptors (Lipinski definition) is 4. The molecule has 3 N–H and O–H groups in total. The molecule has 0 aromatic heterocycles. The average molecular weight is 219 g/mol. The molecule has 0 bridgehead atoms. The summed E-state index contributed by atoms with van der Waals surface area (Å²) in [5, 5.41) is 19.4. The first kappa shape index (κ1) is 13.9. The van der Waals surface area contributed by atoms with E-state index in [0.717, 1.165) is 0 Å². The predicted molar refractivity (Wildman–Crippen MR) is 52.4 cm³/mol. The Morgan fingerprint density at radius 1 is 1.40 bits per heavy atom. The summed E-state index contributed by atoms with van der Waals surface area (Å²) in [6.45, 7) is 1.18. The van der Waals surface area contributed by atoms with Crippen molar-refractivity contribution in [3.63, 3.8) is 0 Å². The van der Waals surface area contributed by atoms with E-state index < -0.39 is 12.6 Å². The molecule has 1 unspecified atom stereocenters. The van der Waals surface area contributed by atoms with Crippen LogP contribution in [0.2, 0.25) is 0 Å². The van der Waals surface area contributed by atoms with E-state index in [-0.39, 0.29) is 25.2 Å². The van der Waals surface area contributed by atoms with Gasteiger partial charge in [0.15, 0.2) is 0 Å². The van der Waals surface area contributed by atoms with Crippen molar-refractivity contribution in [2.24, 2.45) is 0 Å². The summed E-state index contributed by atoms with van der Waals surface area (Å²) in [4.78, 5) is 21.2. The van der Waals surface area contributed by atoms with Crippen LogP contribution in [0.4, 0.5) is 0 Å². The number of carbonyl (C=O) groups excluding carboxylic acids is 1. The van der Waals surface area contributed by atoms with Crippen LogP contribution in [0, 0.1) is 0 Å². The summed E-state index contributed by atoms with van der Waals surface area (Å²) in [7, 11) is 0. The number of rotatable bonds is 8. The second-order valence-electron chi connectivity index (χ2n) is 3.22. The van der Waals surface area contributed by atoms with Crippen molar-refractivity contribution in [2.75, 3.05) is 19.8 Å². The maximum absolute atomic E-state index is 11.1. The molecule has 0 rings (SSSR count). The number of carboxylic acids is 1. The standard InChI is InChI=1S/C9H17NO5/c1-7(3-2-4-11)10-8(12)5-15-6-9(13)14/h7,11H,2-6H2,1H3,(H,10,12)(H,13,14). The first-order valence-corrected chi connectivity index (χ1v) is 4.76. The second-order valence-corrected chi connectivity index (χ2v) is 3.22. The molecule has 0 aromatic carbocycles. The topological polar surface area (TPSA) is 95.9 Å². The van der Waals surface area contributed by atoms with Crippen molar-refractivity contribution in [3.05, 3.63) is 0 Å². The lowest BCUT2D eigenvalue weighted by atomic mass is 10.2. The third kappa shape index (κ3) is 9.17. The van der Waals surface area contributed by atoms with Gasteiger partial charge in [0.1, 0.15) is 13.2 Å². The largest absolute Gasteiger partial charge is 0.480 e. The van der Waals surface area contributed by atoms with Gasteiger partial charge in [0.2, 0.25) is 5.91 Å². The van der Waals surface area contributed by atoms with Gasteiger partial charge in [-0.3, -0.25) is 4.79 Å². The van der Waals surface area contributed by atoms with E-state index in [1.54, 1.807) is 0 Å². The number of hydrogen-bond donors (Lipinski definition) is 3. The first-order valence-electron chi connectivity index (χ1n) is 4.76. The van der Waals surface area contributed by atoms with Gasteiger partial charge in [-0.05, 0) is 19.8 Å². The van der Waals surface area contributed by atoms with Crippen LogP contribution in [0.15, 0.2) is 0 Å². The molecular weight excluding hydrogens is 202 g/mol. The highest BCUT2D eigenvalue weighted by Gasteiger charge is 2.07. The van der Waals surface area contributed by atoms with Gasteiger partial charge in [0, 0.05) is 12.6 Å². The molecule has 0 spiro atoms. The summed E-state index contributed by atoms with van der Waals surface area (Å²) < 4.78 is 4.60. The molecule has 1 amide bonds. The van der Waals surface area contributed by atoms with Gasteiger partial charge in [-0.2, -0.15) is 0 Å². The molecule has 6 heteroatoms. The molecular formula is C9H17NO5. The van der Waals surface area contributed by atoms with E-state index in [1.807, 2.05) is 6.92 Å². The summed E-state index contributed by atoms with van der Waals surface area (Å²) in [6.07, 6.45) is 1.30. The fourth-order valence-corrected chi connectivity index (χ4v) is 1.02. The monoisotopic (exact) mass is 219 g/mol. The summed E-state index contributed by atoms with van der Waals surface area (Å²) >= 11 is 0. The van der Waals surface area contributed by atoms with E-state index >= 15 is 0 Å². The molecule has 88 valence electrons. The molecule has 15 heavy (non-hydrogen) atoms. The Kier molecular flexibility index (Phi) is 7.57. The third-order valence-corrected chi connectivity index (χ3v) is 1.66. The maximum Gasteiger partial charge on any atom is 0.329 e. The molecule has 0 saturated heterocycles. The molecule has 1 atom stereocenters. The molecule has 0 aromatic rings. The summed E-state index contributed by atoms with van der Waals surface area (Å²) in [5.74, 6) is -1.45. The smallest absolute Gasteiger partial charge is 0.329 e. The van der Waals surface area contributed by atoms with Crippen LogP contribution in [0.5, 0.6) is 0 Å². The lowest BCUT2D eigenvalue weighted by molar-refractivity contribution is -0.143. The van der Waals surface area contributed by atoms with Crippen LogP contribution in [-0.4, -0.2) is 48.0 Å². The van der Waals surface area contributed by atoms with Crippen molar-refractivity contribution in [1.29, 1.82) is 0 Å². The molecule has 0 saturated carbocycles. The van der Waals surface area contributed by atoms with Crippen molar-refractivity contribution in [3.8, 4) is 0 Å². The molecule has 0 aliphatic heterocycles. The fourth-order valence-electron chi connectivity index (χ4n) is 1.02. The lowest BCUT2D eigenvalue weighted by Crippen LogP contribution is -2.35. The number of aliphatic hydroxyl groups is 1. The molecule has 0 radical (unpaired) electrons. The van der Waals surface area contributed by atoms with Crippen LogP contribution >= 0.6 is 0 Å². The van der Waals surface area contributed by atoms with Crippen molar-refractivity contribution < 1.29 is 24.5 Å². The summed E-state index contributed by atoms with van der Waals surface area (Å²) in [6, 6.07) is -0.0434. The minimum atomic E-state index is -1.10. The maximum atomic E-state index is 11.1. The Bertz CT molecular complexity index is 207. The number of carboxylic acid groups (broad SMARTS) is 1. The van der Waals surface area contributed by atoms with E-state index in [4.69, 9.17) is 10.2 Å². The highest BCUT2D eigenvalue weighted by Crippen LogP contribution is 1.94. The highest BCUT2D eigenvalue weighted by atomic mass is 16.5. The zero-order valence-corrected chi connectivity index (χ0v) is 8.73. The Morgan fingerprint density at radius 2 is 2.07 bits per heavy atom. The van der Waals surface area contributed by atoms with Crippen LogP contribution in [0.25, 0.3) is 0 Å². The number of aliphatic carboxylic acids is 1. The SMILES string of the molecule is CC(CCCO)NC(=O)COCC(=O)O. The van der Waals surface area contributed by atoms with Crippen LogP contribution < -0.4 is 5.32 Å². The Labute approximate surface area is 88.2 Å². The van der Waals surface area contributed by atoms with Crippen LogP contribution in [0.3, 0.4) is 0 Å². The minimum absolute atomic E-state index is 0.0434. The molecule has 0 aliphatic carbocycles. The normalized spacial score (nSPS) is 12.1. The zero-order chi connectivity index (χ0) is 11.7. The fraction of sp³-hybridized carbons (Fsp3) is 0.778. The van der Waals surface area contributed by atoms with Gasteiger partial charge < -0.3 is 20.3 Å². The molecule has 0 heterocycles. The lowest BCUT2D eigenvalue weighted by Gasteiger charge is -2.12.